The number of anilines is 2. The van der Waals surface area contributed by atoms with Crippen molar-refractivity contribution in [1.29, 1.82) is 0 Å². The number of aryl methyl sites for hydroxylation is 2. The number of hydroxylamine groups is 1. The molecule has 1 saturated heterocycles. The van der Waals surface area contributed by atoms with E-state index >= 15 is 0 Å². The van der Waals surface area contributed by atoms with Crippen LogP contribution >= 0.6 is 11.3 Å². The molecule has 0 atom stereocenters. The van der Waals surface area contributed by atoms with Gasteiger partial charge in [0.15, 0.2) is 22.8 Å². The second-order valence-corrected chi connectivity index (χ2v) is 9.15. The van der Waals surface area contributed by atoms with E-state index in [0.717, 1.165) is 46.3 Å². The molecule has 2 N–H and O–H groups in total. The number of thiophene rings is 1. The first-order chi connectivity index (χ1) is 17.0. The molecule has 1 aliphatic heterocycles. The molecule has 13 heteroatoms. The molecule has 182 valence electrons. The lowest BCUT2D eigenvalue weighted by Gasteiger charge is -2.28. The van der Waals surface area contributed by atoms with Crippen LogP contribution < -0.4 is 15.3 Å². The van der Waals surface area contributed by atoms with Crippen LogP contribution in [0.5, 0.6) is 0 Å². The Kier molecular flexibility index (Phi) is 6.28. The first-order valence-electron chi connectivity index (χ1n) is 11.0. The summed E-state index contributed by atoms with van der Waals surface area (Å²) in [5, 5.41) is 10.8. The molecule has 5 heterocycles. The van der Waals surface area contributed by atoms with Gasteiger partial charge in [-0.3, -0.25) is 10.0 Å². The van der Waals surface area contributed by atoms with Crippen LogP contribution in [0.15, 0.2) is 23.8 Å². The molecule has 4 aromatic rings. The van der Waals surface area contributed by atoms with Crippen molar-refractivity contribution in [2.24, 2.45) is 7.05 Å². The van der Waals surface area contributed by atoms with E-state index < -0.39 is 5.91 Å². The minimum absolute atomic E-state index is 0.161. The van der Waals surface area contributed by atoms with Gasteiger partial charge in [-0.15, -0.1) is 11.3 Å². The molecule has 0 unspecified atom stereocenters. The lowest BCUT2D eigenvalue weighted by molar-refractivity contribution is 0.0705. The van der Waals surface area contributed by atoms with E-state index in [0.29, 0.717) is 31.5 Å². The third kappa shape index (κ3) is 4.40. The van der Waals surface area contributed by atoms with Gasteiger partial charge in [-0.1, -0.05) is 0 Å². The Balaban J connectivity index is 1.52. The molecule has 0 spiro atoms. The quantitative estimate of drug-likeness (QED) is 0.301. The molecular formula is C22H25N9O3S. The number of imidazole rings is 1. The summed E-state index contributed by atoms with van der Waals surface area (Å²) in [6.45, 7) is 5.23. The fraction of sp³-hybridized carbons (Fsp3) is 0.364. The molecule has 4 aromatic heterocycles. The Morgan fingerprint density at radius 1 is 1.23 bits per heavy atom. The predicted molar refractivity (Wildman–Crippen MR) is 131 cm³/mol. The highest BCUT2D eigenvalue weighted by Gasteiger charge is 2.24. The molecule has 35 heavy (non-hydrogen) atoms. The number of fused-ring (bicyclic) bond motifs is 1. The summed E-state index contributed by atoms with van der Waals surface area (Å²) in [6, 6.07) is 2.07. The van der Waals surface area contributed by atoms with E-state index in [9.17, 15) is 4.79 Å². The highest BCUT2D eigenvalue weighted by Crippen LogP contribution is 2.32. The first-order valence-corrected chi connectivity index (χ1v) is 11.9. The monoisotopic (exact) mass is 495 g/mol. The highest BCUT2D eigenvalue weighted by molar-refractivity contribution is 7.13. The van der Waals surface area contributed by atoms with E-state index in [2.05, 4.69) is 27.9 Å². The van der Waals surface area contributed by atoms with Gasteiger partial charge in [0.1, 0.15) is 5.82 Å². The zero-order valence-corrected chi connectivity index (χ0v) is 20.4. The number of ether oxygens (including phenoxy) is 1. The zero-order valence-electron chi connectivity index (χ0n) is 19.6. The number of nitrogens with one attached hydrogen (secondary N) is 1. The zero-order chi connectivity index (χ0) is 24.5. The van der Waals surface area contributed by atoms with Crippen LogP contribution in [0.2, 0.25) is 0 Å². The van der Waals surface area contributed by atoms with Crippen molar-refractivity contribution in [3.8, 4) is 10.7 Å². The maximum atomic E-state index is 11.5. The van der Waals surface area contributed by atoms with Gasteiger partial charge in [-0.2, -0.15) is 0 Å². The predicted octanol–water partition coefficient (Wildman–Crippen LogP) is 1.78. The van der Waals surface area contributed by atoms with Gasteiger partial charge in [-0.25, -0.2) is 30.4 Å². The van der Waals surface area contributed by atoms with Crippen molar-refractivity contribution in [2.45, 2.75) is 13.5 Å². The van der Waals surface area contributed by atoms with E-state index in [4.69, 9.17) is 24.9 Å². The van der Waals surface area contributed by atoms with Gasteiger partial charge >= 0.3 is 0 Å². The number of amides is 1. The SMILES string of the molecule is Cc1ccsc1-c1nc(N2CCOCC2)c2nc(CN(C)c3ncc(C(=O)NO)cn3)n(C)c2n1. The Labute approximate surface area is 205 Å². The van der Waals surface area contributed by atoms with Crippen molar-refractivity contribution >= 4 is 40.2 Å². The molecule has 1 amide bonds. The normalized spacial score (nSPS) is 13.9. The average Bonchev–Trinajstić information content (AvgIpc) is 3.46. The molecule has 0 aliphatic carbocycles. The van der Waals surface area contributed by atoms with Crippen molar-refractivity contribution in [1.82, 2.24) is 35.0 Å². The van der Waals surface area contributed by atoms with Gasteiger partial charge < -0.3 is 19.1 Å². The smallest absolute Gasteiger partial charge is 0.277 e. The fourth-order valence-electron chi connectivity index (χ4n) is 3.92. The summed E-state index contributed by atoms with van der Waals surface area (Å²) >= 11 is 1.63. The van der Waals surface area contributed by atoms with Gasteiger partial charge in [0.05, 0.1) is 30.2 Å². The van der Waals surface area contributed by atoms with Gasteiger partial charge in [-0.05, 0) is 23.9 Å². The number of rotatable bonds is 6. The average molecular weight is 496 g/mol. The molecule has 0 radical (unpaired) electrons. The Morgan fingerprint density at radius 2 is 1.97 bits per heavy atom. The number of aromatic nitrogens is 6. The molecule has 5 rings (SSSR count). The summed E-state index contributed by atoms with van der Waals surface area (Å²) in [4.78, 5) is 39.8. The number of carbonyl (C=O) groups is 1. The number of carbonyl (C=O) groups excluding carboxylic acids is 1. The van der Waals surface area contributed by atoms with E-state index in [-0.39, 0.29) is 5.56 Å². The number of hydrogen-bond donors (Lipinski definition) is 2. The van der Waals surface area contributed by atoms with Crippen molar-refractivity contribution in [3.05, 3.63) is 40.8 Å². The largest absolute Gasteiger partial charge is 0.378 e. The van der Waals surface area contributed by atoms with Crippen LogP contribution in [0.1, 0.15) is 21.7 Å². The lowest BCUT2D eigenvalue weighted by Crippen LogP contribution is -2.37. The standard InChI is InChI=1S/C22H25N9O3S/c1-13-4-9-35-17(13)18-26-19-16(20(27-18)31-5-7-34-8-6-31)25-15(30(19)3)12-29(2)22-23-10-14(11-24-22)21(32)28-33/h4,9-11,33H,5-8,12H2,1-3H3,(H,28,32). The maximum Gasteiger partial charge on any atom is 0.277 e. The van der Waals surface area contributed by atoms with Crippen LogP contribution in [-0.4, -0.2) is 74.0 Å². The summed E-state index contributed by atoms with van der Waals surface area (Å²) in [5.41, 5.74) is 4.37. The number of morpholine rings is 1. The number of nitrogens with zero attached hydrogens (tertiary/aromatic N) is 8. The summed E-state index contributed by atoms with van der Waals surface area (Å²) in [7, 11) is 3.78. The van der Waals surface area contributed by atoms with E-state index in [1.807, 2.05) is 28.9 Å². The second-order valence-electron chi connectivity index (χ2n) is 8.23. The first kappa shape index (κ1) is 23.1. The molecule has 12 nitrogen and oxygen atoms in total. The van der Waals surface area contributed by atoms with Gasteiger partial charge in [0, 0.05) is 39.6 Å². The van der Waals surface area contributed by atoms with Crippen LogP contribution in [0, 0.1) is 6.92 Å². The van der Waals surface area contributed by atoms with Gasteiger partial charge in [0.2, 0.25) is 5.95 Å². The van der Waals surface area contributed by atoms with Gasteiger partial charge in [0.25, 0.3) is 5.91 Å². The van der Waals surface area contributed by atoms with Crippen molar-refractivity contribution in [2.75, 3.05) is 43.2 Å². The topological polar surface area (TPSA) is 134 Å². The van der Waals surface area contributed by atoms with Crippen LogP contribution in [0.25, 0.3) is 21.9 Å². The molecule has 0 saturated carbocycles. The summed E-state index contributed by atoms with van der Waals surface area (Å²) < 4.78 is 7.52. The van der Waals surface area contributed by atoms with Crippen LogP contribution in [0.3, 0.4) is 0 Å². The highest BCUT2D eigenvalue weighted by atomic mass is 32.1. The third-order valence-electron chi connectivity index (χ3n) is 5.89. The molecule has 1 aliphatic rings. The third-order valence-corrected chi connectivity index (χ3v) is 6.90. The van der Waals surface area contributed by atoms with Crippen LogP contribution in [0.4, 0.5) is 11.8 Å². The van der Waals surface area contributed by atoms with Crippen molar-refractivity contribution < 1.29 is 14.7 Å². The molecule has 0 bridgehead atoms. The molecular weight excluding hydrogens is 470 g/mol. The lowest BCUT2D eigenvalue weighted by atomic mass is 10.2. The Bertz CT molecular complexity index is 1360. The Hall–Kier alpha value is -3.68. The van der Waals surface area contributed by atoms with E-state index in [1.165, 1.54) is 12.4 Å². The van der Waals surface area contributed by atoms with E-state index in [1.54, 1.807) is 16.8 Å². The summed E-state index contributed by atoms with van der Waals surface area (Å²) in [6.07, 6.45) is 2.72. The Morgan fingerprint density at radius 3 is 2.63 bits per heavy atom. The minimum Gasteiger partial charge on any atom is -0.378 e. The summed E-state index contributed by atoms with van der Waals surface area (Å²) in [5.74, 6) is 2.02. The fourth-order valence-corrected chi connectivity index (χ4v) is 4.77. The number of hydrogen-bond acceptors (Lipinski definition) is 11. The van der Waals surface area contributed by atoms with Crippen LogP contribution in [-0.2, 0) is 18.3 Å². The maximum absolute atomic E-state index is 11.5. The van der Waals surface area contributed by atoms with Crippen molar-refractivity contribution in [3.63, 3.8) is 0 Å². The molecule has 0 aromatic carbocycles. The minimum atomic E-state index is -0.666. The second kappa shape index (κ2) is 9.52. The molecule has 1 fully saturated rings.